The fourth-order valence-electron chi connectivity index (χ4n) is 2.11. The smallest absolute Gasteiger partial charge is 0.251 e. The van der Waals surface area contributed by atoms with Crippen LogP contribution in [0.15, 0.2) is 58.9 Å². The van der Waals surface area contributed by atoms with E-state index in [1.165, 1.54) is 0 Å². The van der Waals surface area contributed by atoms with Gasteiger partial charge in [-0.05, 0) is 43.3 Å². The number of aromatic nitrogens is 2. The first-order valence-corrected chi connectivity index (χ1v) is 9.39. The van der Waals surface area contributed by atoms with Crippen LogP contribution in [0.1, 0.15) is 26.8 Å². The van der Waals surface area contributed by atoms with Gasteiger partial charge in [0.25, 0.3) is 5.91 Å². The van der Waals surface area contributed by atoms with Crippen molar-refractivity contribution in [3.63, 3.8) is 0 Å². The summed E-state index contributed by atoms with van der Waals surface area (Å²) in [6, 6.07) is 13.3. The first-order valence-electron chi connectivity index (χ1n) is 7.53. The van der Waals surface area contributed by atoms with Crippen LogP contribution in [-0.4, -0.2) is 15.9 Å². The van der Waals surface area contributed by atoms with Gasteiger partial charge in [-0.1, -0.05) is 6.07 Å². The Morgan fingerprint density at radius 3 is 2.67 bits per heavy atom. The second-order valence-electron chi connectivity index (χ2n) is 5.17. The van der Waals surface area contributed by atoms with Gasteiger partial charge in [-0.15, -0.1) is 23.1 Å². The van der Waals surface area contributed by atoms with Gasteiger partial charge in [-0.25, -0.2) is 4.98 Å². The van der Waals surface area contributed by atoms with Gasteiger partial charge in [0.15, 0.2) is 0 Å². The van der Waals surface area contributed by atoms with E-state index in [1.807, 2.05) is 49.4 Å². The zero-order valence-corrected chi connectivity index (χ0v) is 14.9. The minimum absolute atomic E-state index is 0.0904. The molecule has 0 saturated heterocycles. The van der Waals surface area contributed by atoms with E-state index in [9.17, 15) is 4.79 Å². The number of rotatable bonds is 6. The van der Waals surface area contributed by atoms with E-state index in [1.54, 1.807) is 29.3 Å². The molecule has 1 amide bonds. The van der Waals surface area contributed by atoms with Gasteiger partial charge in [0.1, 0.15) is 0 Å². The van der Waals surface area contributed by atoms with Crippen LogP contribution in [0, 0.1) is 6.92 Å². The van der Waals surface area contributed by atoms with Crippen LogP contribution >= 0.6 is 23.1 Å². The Labute approximate surface area is 149 Å². The number of nitrogens with one attached hydrogen (secondary N) is 1. The Morgan fingerprint density at radius 2 is 2.00 bits per heavy atom. The average molecular weight is 355 g/mol. The molecule has 0 spiro atoms. The fourth-order valence-corrected chi connectivity index (χ4v) is 3.62. The summed E-state index contributed by atoms with van der Waals surface area (Å²) in [6.07, 6.45) is 1.72. The Morgan fingerprint density at radius 1 is 1.17 bits per heavy atom. The molecule has 0 atom stereocenters. The number of hydrogen-bond donors (Lipinski definition) is 1. The Hall–Kier alpha value is -2.18. The molecule has 0 unspecified atom stereocenters. The standard InChI is InChI=1S/C18H17N3OS2/c1-13-21-16(11-23-13)12-24-17-7-5-14(6-8-17)18(22)20-10-15-4-2-3-9-19-15/h2-9,11H,10,12H2,1H3,(H,20,22). The number of thioether (sulfide) groups is 1. The molecule has 122 valence electrons. The van der Waals surface area contributed by atoms with Crippen LogP contribution in [0.25, 0.3) is 0 Å². The minimum atomic E-state index is -0.0904. The van der Waals surface area contributed by atoms with Gasteiger partial charge in [-0.2, -0.15) is 0 Å². The summed E-state index contributed by atoms with van der Waals surface area (Å²) in [6.45, 7) is 2.44. The number of aryl methyl sites for hydroxylation is 1. The summed E-state index contributed by atoms with van der Waals surface area (Å²) in [5.41, 5.74) is 2.59. The summed E-state index contributed by atoms with van der Waals surface area (Å²) >= 11 is 3.39. The number of amides is 1. The molecule has 1 N–H and O–H groups in total. The van der Waals surface area contributed by atoms with Crippen LogP contribution in [0.5, 0.6) is 0 Å². The van der Waals surface area contributed by atoms with Gasteiger partial charge < -0.3 is 5.32 Å². The lowest BCUT2D eigenvalue weighted by Crippen LogP contribution is -2.23. The van der Waals surface area contributed by atoms with Crippen molar-refractivity contribution in [1.29, 1.82) is 0 Å². The summed E-state index contributed by atoms with van der Waals surface area (Å²) < 4.78 is 0. The Bertz CT molecular complexity index is 801. The largest absolute Gasteiger partial charge is 0.346 e. The highest BCUT2D eigenvalue weighted by atomic mass is 32.2. The molecule has 0 aliphatic rings. The second kappa shape index (κ2) is 8.08. The van der Waals surface area contributed by atoms with Crippen LogP contribution in [0.2, 0.25) is 0 Å². The number of hydrogen-bond acceptors (Lipinski definition) is 5. The molecule has 0 saturated carbocycles. The van der Waals surface area contributed by atoms with E-state index >= 15 is 0 Å². The molecule has 4 nitrogen and oxygen atoms in total. The quantitative estimate of drug-likeness (QED) is 0.677. The molecule has 0 aliphatic heterocycles. The van der Waals surface area contributed by atoms with Crippen LogP contribution in [-0.2, 0) is 12.3 Å². The Kier molecular flexibility index (Phi) is 5.61. The van der Waals surface area contributed by atoms with Crippen LogP contribution in [0.4, 0.5) is 0 Å². The van der Waals surface area contributed by atoms with Crippen LogP contribution in [0.3, 0.4) is 0 Å². The lowest BCUT2D eigenvalue weighted by molar-refractivity contribution is 0.0950. The fraction of sp³-hybridized carbons (Fsp3) is 0.167. The SMILES string of the molecule is Cc1nc(CSc2ccc(C(=O)NCc3ccccn3)cc2)cs1. The third-order valence-corrected chi connectivity index (χ3v) is 5.19. The number of carbonyl (C=O) groups is 1. The van der Waals surface area contributed by atoms with Gasteiger partial charge >= 0.3 is 0 Å². The summed E-state index contributed by atoms with van der Waals surface area (Å²) in [4.78, 5) is 21.9. The van der Waals surface area contributed by atoms with Crippen molar-refractivity contribution in [3.8, 4) is 0 Å². The molecule has 0 fully saturated rings. The van der Waals surface area contributed by atoms with Crippen molar-refractivity contribution in [2.45, 2.75) is 24.1 Å². The lowest BCUT2D eigenvalue weighted by atomic mass is 10.2. The first kappa shape index (κ1) is 16.7. The highest BCUT2D eigenvalue weighted by Gasteiger charge is 2.06. The number of carbonyl (C=O) groups excluding carboxylic acids is 1. The molecule has 1 aromatic carbocycles. The van der Waals surface area contributed by atoms with Crippen molar-refractivity contribution < 1.29 is 4.79 Å². The maximum absolute atomic E-state index is 12.2. The normalized spacial score (nSPS) is 10.5. The maximum Gasteiger partial charge on any atom is 0.251 e. The van der Waals surface area contributed by atoms with E-state index in [0.29, 0.717) is 12.1 Å². The van der Waals surface area contributed by atoms with Gasteiger partial charge in [0, 0.05) is 27.8 Å². The van der Waals surface area contributed by atoms with Gasteiger partial charge in [0.05, 0.1) is 22.9 Å². The minimum Gasteiger partial charge on any atom is -0.346 e. The van der Waals surface area contributed by atoms with E-state index < -0.39 is 0 Å². The third-order valence-electron chi connectivity index (χ3n) is 3.33. The zero-order valence-electron chi connectivity index (χ0n) is 13.2. The molecular weight excluding hydrogens is 338 g/mol. The summed E-state index contributed by atoms with van der Waals surface area (Å²) in [5.74, 6) is 0.752. The van der Waals surface area contributed by atoms with Crippen LogP contribution < -0.4 is 5.32 Å². The summed E-state index contributed by atoms with van der Waals surface area (Å²) in [5, 5.41) is 6.05. The second-order valence-corrected chi connectivity index (χ2v) is 7.29. The highest BCUT2D eigenvalue weighted by molar-refractivity contribution is 7.98. The molecule has 2 aromatic heterocycles. The van der Waals surface area contributed by atoms with E-state index in [0.717, 1.165) is 27.0 Å². The third kappa shape index (κ3) is 4.66. The highest BCUT2D eigenvalue weighted by Crippen LogP contribution is 2.23. The molecule has 3 aromatic rings. The van der Waals surface area contributed by atoms with Gasteiger partial charge in [-0.3, -0.25) is 9.78 Å². The topological polar surface area (TPSA) is 54.9 Å². The zero-order chi connectivity index (χ0) is 16.8. The maximum atomic E-state index is 12.2. The monoisotopic (exact) mass is 355 g/mol. The number of thiazole rings is 1. The average Bonchev–Trinajstić information content (AvgIpc) is 3.04. The van der Waals surface area contributed by atoms with Crippen molar-refractivity contribution >= 4 is 29.0 Å². The van der Waals surface area contributed by atoms with Gasteiger partial charge in [0.2, 0.25) is 0 Å². The molecule has 6 heteroatoms. The predicted octanol–water partition coefficient (Wildman–Crippen LogP) is 4.07. The first-order chi connectivity index (χ1) is 11.7. The lowest BCUT2D eigenvalue weighted by Gasteiger charge is -2.06. The van der Waals surface area contributed by atoms with Crippen molar-refractivity contribution in [2.24, 2.45) is 0 Å². The summed E-state index contributed by atoms with van der Waals surface area (Å²) in [7, 11) is 0. The molecule has 24 heavy (non-hydrogen) atoms. The van der Waals surface area contributed by atoms with E-state index in [2.05, 4.69) is 20.7 Å². The Balaban J connectivity index is 1.52. The number of nitrogens with zero attached hydrogens (tertiary/aromatic N) is 2. The van der Waals surface area contributed by atoms with Crippen molar-refractivity contribution in [2.75, 3.05) is 0 Å². The molecule has 0 bridgehead atoms. The molecule has 0 radical (unpaired) electrons. The molecular formula is C18H17N3OS2. The molecule has 0 aliphatic carbocycles. The predicted molar refractivity (Wildman–Crippen MR) is 98.3 cm³/mol. The van der Waals surface area contributed by atoms with E-state index in [4.69, 9.17) is 0 Å². The van der Waals surface area contributed by atoms with Crippen molar-refractivity contribution in [1.82, 2.24) is 15.3 Å². The molecule has 3 rings (SSSR count). The number of benzene rings is 1. The van der Waals surface area contributed by atoms with Crippen molar-refractivity contribution in [3.05, 3.63) is 76.0 Å². The number of pyridine rings is 1. The molecule has 2 heterocycles. The van der Waals surface area contributed by atoms with E-state index in [-0.39, 0.29) is 5.91 Å².